The lowest BCUT2D eigenvalue weighted by atomic mass is 10.0. The van der Waals surface area contributed by atoms with Gasteiger partial charge >= 0.3 is 0 Å². The van der Waals surface area contributed by atoms with Crippen molar-refractivity contribution in [2.75, 3.05) is 7.05 Å². The van der Waals surface area contributed by atoms with Gasteiger partial charge in [-0.3, -0.25) is 0 Å². The summed E-state index contributed by atoms with van der Waals surface area (Å²) in [5.41, 5.74) is 0.670. The molecule has 1 unspecified atom stereocenters. The van der Waals surface area contributed by atoms with Gasteiger partial charge in [0, 0.05) is 25.8 Å². The van der Waals surface area contributed by atoms with E-state index in [1.54, 1.807) is 23.5 Å². The number of thiophene rings is 1. The van der Waals surface area contributed by atoms with Crippen LogP contribution in [0.1, 0.15) is 16.5 Å². The molecule has 1 atom stereocenters. The van der Waals surface area contributed by atoms with Crippen molar-refractivity contribution in [3.63, 3.8) is 0 Å². The number of nitrogens with one attached hydrogen (secondary N) is 1. The van der Waals surface area contributed by atoms with Gasteiger partial charge in [-0.25, -0.2) is 4.39 Å². The smallest absolute Gasteiger partial charge is 0.127 e. The van der Waals surface area contributed by atoms with Crippen molar-refractivity contribution >= 4 is 38.9 Å². The Morgan fingerprint density at radius 3 is 2.78 bits per heavy atom. The van der Waals surface area contributed by atoms with Gasteiger partial charge < -0.3 is 5.32 Å². The maximum atomic E-state index is 13.7. The topological polar surface area (TPSA) is 12.0 Å². The molecule has 0 saturated heterocycles. The molecule has 0 saturated carbocycles. The zero-order valence-corrected chi connectivity index (χ0v) is 12.9. The normalized spacial score (nSPS) is 12.7. The molecule has 0 spiro atoms. The molecule has 1 nitrogen and oxygen atoms in total. The lowest BCUT2D eigenvalue weighted by Crippen LogP contribution is -2.18. The fraction of sp³-hybridized carbons (Fsp3) is 0.231. The summed E-state index contributed by atoms with van der Waals surface area (Å²) >= 11 is 10.8. The Kier molecular flexibility index (Phi) is 4.78. The second-order valence-corrected chi connectivity index (χ2v) is 6.24. The average molecular weight is 349 g/mol. The Morgan fingerprint density at radius 1 is 1.44 bits per heavy atom. The van der Waals surface area contributed by atoms with Crippen molar-refractivity contribution < 1.29 is 4.39 Å². The minimum atomic E-state index is -0.252. The molecule has 0 aliphatic heterocycles. The summed E-state index contributed by atoms with van der Waals surface area (Å²) in [5.74, 6) is -0.252. The highest BCUT2D eigenvalue weighted by molar-refractivity contribution is 9.10. The molecule has 0 aliphatic carbocycles. The van der Waals surface area contributed by atoms with Crippen molar-refractivity contribution in [3.8, 4) is 0 Å². The van der Waals surface area contributed by atoms with E-state index in [4.69, 9.17) is 11.6 Å². The fourth-order valence-corrected chi connectivity index (χ4v) is 3.48. The molecule has 2 rings (SSSR count). The van der Waals surface area contributed by atoms with Crippen molar-refractivity contribution in [2.45, 2.75) is 12.5 Å². The van der Waals surface area contributed by atoms with E-state index < -0.39 is 0 Å². The Hall–Kier alpha value is -0.420. The highest BCUT2D eigenvalue weighted by Crippen LogP contribution is 2.28. The molecule has 1 aromatic heterocycles. The molecule has 0 aliphatic rings. The number of halogens is 3. The van der Waals surface area contributed by atoms with Crippen molar-refractivity contribution in [1.82, 2.24) is 5.32 Å². The highest BCUT2D eigenvalue weighted by atomic mass is 79.9. The van der Waals surface area contributed by atoms with Gasteiger partial charge in [0.25, 0.3) is 0 Å². The summed E-state index contributed by atoms with van der Waals surface area (Å²) in [4.78, 5) is 1.18. The van der Waals surface area contributed by atoms with E-state index in [1.165, 1.54) is 10.9 Å². The average Bonchev–Trinajstić information content (AvgIpc) is 2.75. The number of hydrogen-bond acceptors (Lipinski definition) is 2. The minimum Gasteiger partial charge on any atom is -0.312 e. The predicted octanol–water partition coefficient (Wildman–Crippen LogP) is 4.81. The molecular formula is C13H12BrClFNS. The molecule has 0 amide bonds. The number of benzene rings is 1. The van der Waals surface area contributed by atoms with Crippen LogP contribution in [0, 0.1) is 5.82 Å². The Labute approximate surface area is 123 Å². The molecule has 96 valence electrons. The first-order valence-corrected chi connectivity index (χ1v) is 7.50. The molecule has 5 heteroatoms. The number of likely N-dealkylation sites (N-methyl/N-ethyl adjacent to an activating group) is 1. The third-order valence-corrected chi connectivity index (χ3v) is 4.76. The first-order valence-electron chi connectivity index (χ1n) is 5.45. The zero-order chi connectivity index (χ0) is 13.1. The van der Waals surface area contributed by atoms with Crippen molar-refractivity contribution in [2.24, 2.45) is 0 Å². The van der Waals surface area contributed by atoms with E-state index in [0.717, 1.165) is 4.47 Å². The maximum Gasteiger partial charge on any atom is 0.127 e. The number of hydrogen-bond donors (Lipinski definition) is 1. The third kappa shape index (κ3) is 3.32. The van der Waals surface area contributed by atoms with Gasteiger partial charge in [-0.2, -0.15) is 0 Å². The minimum absolute atomic E-state index is 0.108. The quantitative estimate of drug-likeness (QED) is 0.836. The zero-order valence-electron chi connectivity index (χ0n) is 9.71. The Bertz CT molecular complexity index is 544. The van der Waals surface area contributed by atoms with Crippen LogP contribution in [-0.4, -0.2) is 7.05 Å². The fourth-order valence-electron chi connectivity index (χ4n) is 1.76. The van der Waals surface area contributed by atoms with Gasteiger partial charge in [0.1, 0.15) is 5.82 Å². The van der Waals surface area contributed by atoms with E-state index in [2.05, 4.69) is 27.3 Å². The molecule has 1 aromatic carbocycles. The summed E-state index contributed by atoms with van der Waals surface area (Å²) in [6.07, 6.45) is 0.604. The first-order chi connectivity index (χ1) is 8.60. The van der Waals surface area contributed by atoms with Crippen molar-refractivity contribution in [1.29, 1.82) is 0 Å². The molecule has 1 N–H and O–H groups in total. The summed E-state index contributed by atoms with van der Waals surface area (Å²) in [5, 5.41) is 5.66. The number of rotatable bonds is 4. The molecule has 1 heterocycles. The van der Waals surface area contributed by atoms with Crippen LogP contribution in [0.2, 0.25) is 5.02 Å². The lowest BCUT2D eigenvalue weighted by Gasteiger charge is -2.15. The van der Waals surface area contributed by atoms with Crippen LogP contribution in [0.25, 0.3) is 0 Å². The highest BCUT2D eigenvalue weighted by Gasteiger charge is 2.14. The van der Waals surface area contributed by atoms with Gasteiger partial charge in [-0.15, -0.1) is 11.3 Å². The summed E-state index contributed by atoms with van der Waals surface area (Å²) in [6.45, 7) is 0. The molecule has 0 fully saturated rings. The van der Waals surface area contributed by atoms with Crippen LogP contribution < -0.4 is 5.32 Å². The molecule has 18 heavy (non-hydrogen) atoms. The van der Waals surface area contributed by atoms with Crippen LogP contribution in [-0.2, 0) is 6.42 Å². The maximum absolute atomic E-state index is 13.7. The van der Waals surface area contributed by atoms with Gasteiger partial charge in [-0.1, -0.05) is 17.7 Å². The Balaban J connectivity index is 2.20. The monoisotopic (exact) mass is 347 g/mol. The van der Waals surface area contributed by atoms with Crippen molar-refractivity contribution in [3.05, 3.63) is 55.4 Å². The van der Waals surface area contributed by atoms with Gasteiger partial charge in [0.15, 0.2) is 0 Å². The summed E-state index contributed by atoms with van der Waals surface area (Å²) < 4.78 is 14.8. The third-order valence-electron chi connectivity index (χ3n) is 2.72. The second kappa shape index (κ2) is 6.15. The lowest BCUT2D eigenvalue weighted by molar-refractivity contribution is 0.560. The van der Waals surface area contributed by atoms with Crippen LogP contribution in [0.3, 0.4) is 0 Å². The Morgan fingerprint density at radius 2 is 2.22 bits per heavy atom. The molecule has 2 aromatic rings. The first kappa shape index (κ1) is 14.0. The predicted molar refractivity (Wildman–Crippen MR) is 78.9 cm³/mol. The second-order valence-electron chi connectivity index (χ2n) is 3.95. The summed E-state index contributed by atoms with van der Waals surface area (Å²) in [6, 6.07) is 6.98. The van der Waals surface area contributed by atoms with E-state index in [-0.39, 0.29) is 11.9 Å². The van der Waals surface area contributed by atoms with Crippen LogP contribution >= 0.6 is 38.9 Å². The van der Waals surface area contributed by atoms with E-state index in [1.807, 2.05) is 12.4 Å². The van der Waals surface area contributed by atoms with E-state index >= 15 is 0 Å². The largest absolute Gasteiger partial charge is 0.312 e. The van der Waals surface area contributed by atoms with Crippen LogP contribution in [0.4, 0.5) is 4.39 Å². The standard InChI is InChI=1S/C13H12BrClFNS/c1-17-12(13-5-9(14)7-18-13)4-8-2-3-10(15)6-11(8)16/h2-3,5-7,12,17H,4H2,1H3. The van der Waals surface area contributed by atoms with Crippen LogP contribution in [0.15, 0.2) is 34.1 Å². The van der Waals surface area contributed by atoms with Gasteiger partial charge in [0.2, 0.25) is 0 Å². The van der Waals surface area contributed by atoms with Crippen LogP contribution in [0.5, 0.6) is 0 Å². The SMILES string of the molecule is CNC(Cc1ccc(Cl)cc1F)c1cc(Br)cs1. The van der Waals surface area contributed by atoms with Gasteiger partial charge in [-0.05, 0) is 53.2 Å². The van der Waals surface area contributed by atoms with E-state index in [0.29, 0.717) is 17.0 Å². The molecule has 0 radical (unpaired) electrons. The molecular weight excluding hydrogens is 337 g/mol. The van der Waals surface area contributed by atoms with E-state index in [9.17, 15) is 4.39 Å². The summed E-state index contributed by atoms with van der Waals surface area (Å²) in [7, 11) is 1.88. The van der Waals surface area contributed by atoms with Gasteiger partial charge in [0.05, 0.1) is 0 Å². The molecule has 0 bridgehead atoms.